The number of allylic oxidation sites excluding steroid dienone is 1. The Morgan fingerprint density at radius 1 is 1.32 bits per heavy atom. The van der Waals surface area contributed by atoms with Crippen LogP contribution >= 0.6 is 0 Å². The molecule has 0 bridgehead atoms. The molecule has 1 saturated heterocycles. The van der Waals surface area contributed by atoms with Gasteiger partial charge in [-0.3, -0.25) is 0 Å². The van der Waals surface area contributed by atoms with Crippen LogP contribution in [0.2, 0.25) is 0 Å². The highest BCUT2D eigenvalue weighted by Gasteiger charge is 2.25. The Hall–Kier alpha value is -1.81. The first kappa shape index (κ1) is 16.6. The molecule has 0 radical (unpaired) electrons. The van der Waals surface area contributed by atoms with Crippen LogP contribution in [0.3, 0.4) is 0 Å². The van der Waals surface area contributed by atoms with Crippen LogP contribution in [-0.4, -0.2) is 25.3 Å². The van der Waals surface area contributed by atoms with E-state index in [9.17, 15) is 4.79 Å². The van der Waals surface area contributed by atoms with Crippen molar-refractivity contribution in [1.82, 2.24) is 10.6 Å². The molecule has 0 aromatic heterocycles. The van der Waals surface area contributed by atoms with Gasteiger partial charge in [0.25, 0.3) is 0 Å². The molecule has 1 aliphatic rings. The van der Waals surface area contributed by atoms with Crippen molar-refractivity contribution in [3.63, 3.8) is 0 Å². The Morgan fingerprint density at radius 3 is 2.64 bits per heavy atom. The summed E-state index contributed by atoms with van der Waals surface area (Å²) in [6.07, 6.45) is 1.75. The summed E-state index contributed by atoms with van der Waals surface area (Å²) in [7, 11) is 0. The lowest BCUT2D eigenvalue weighted by molar-refractivity contribution is 0.0797. The maximum atomic E-state index is 12.2. The SMILES string of the molecule is C=C(C)c1cccc(C(C)(C)NC(=O)NC2CCOCC2)c1. The molecule has 1 aromatic rings. The van der Waals surface area contributed by atoms with E-state index in [0.717, 1.165) is 42.8 Å². The van der Waals surface area contributed by atoms with Crippen LogP contribution in [0.25, 0.3) is 5.57 Å². The predicted molar refractivity (Wildman–Crippen MR) is 89.7 cm³/mol. The molecule has 4 nitrogen and oxygen atoms in total. The molecule has 22 heavy (non-hydrogen) atoms. The molecule has 1 aromatic carbocycles. The highest BCUT2D eigenvalue weighted by molar-refractivity contribution is 5.75. The van der Waals surface area contributed by atoms with Crippen molar-refractivity contribution in [1.29, 1.82) is 0 Å². The average Bonchev–Trinajstić information content (AvgIpc) is 2.47. The van der Waals surface area contributed by atoms with Gasteiger partial charge in [-0.15, -0.1) is 0 Å². The van der Waals surface area contributed by atoms with Gasteiger partial charge in [0.05, 0.1) is 5.54 Å². The first-order valence-corrected chi connectivity index (χ1v) is 7.81. The molecule has 2 rings (SSSR count). The molecule has 2 amide bonds. The first-order valence-electron chi connectivity index (χ1n) is 7.81. The molecule has 1 aliphatic heterocycles. The monoisotopic (exact) mass is 302 g/mol. The van der Waals surface area contributed by atoms with Crippen LogP contribution in [0.4, 0.5) is 4.79 Å². The molecular weight excluding hydrogens is 276 g/mol. The molecule has 4 heteroatoms. The van der Waals surface area contributed by atoms with E-state index in [-0.39, 0.29) is 12.1 Å². The largest absolute Gasteiger partial charge is 0.381 e. The van der Waals surface area contributed by atoms with Crippen molar-refractivity contribution in [2.45, 2.75) is 45.2 Å². The highest BCUT2D eigenvalue weighted by Crippen LogP contribution is 2.23. The summed E-state index contributed by atoms with van der Waals surface area (Å²) >= 11 is 0. The third-order valence-corrected chi connectivity index (χ3v) is 4.06. The fourth-order valence-electron chi connectivity index (χ4n) is 2.59. The standard InChI is InChI=1S/C18H26N2O2/c1-13(2)14-6-5-7-15(12-14)18(3,4)20-17(21)19-16-8-10-22-11-9-16/h5-7,12,16H,1,8-11H2,2-4H3,(H2,19,20,21). The van der Waals surface area contributed by atoms with Gasteiger partial charge in [0.1, 0.15) is 0 Å². The van der Waals surface area contributed by atoms with Crippen LogP contribution in [0.15, 0.2) is 30.8 Å². The van der Waals surface area contributed by atoms with E-state index >= 15 is 0 Å². The fourth-order valence-corrected chi connectivity index (χ4v) is 2.59. The van der Waals surface area contributed by atoms with E-state index in [4.69, 9.17) is 4.74 Å². The van der Waals surface area contributed by atoms with Crippen LogP contribution in [0, 0.1) is 0 Å². The second-order valence-electron chi connectivity index (χ2n) is 6.47. The van der Waals surface area contributed by atoms with Crippen LogP contribution in [0.1, 0.15) is 44.7 Å². The maximum Gasteiger partial charge on any atom is 0.315 e. The lowest BCUT2D eigenvalue weighted by Crippen LogP contribution is -2.50. The molecule has 0 aliphatic carbocycles. The normalized spacial score (nSPS) is 16.1. The summed E-state index contributed by atoms with van der Waals surface area (Å²) in [6.45, 7) is 11.4. The summed E-state index contributed by atoms with van der Waals surface area (Å²) in [5.41, 5.74) is 2.73. The van der Waals surface area contributed by atoms with E-state index in [1.54, 1.807) is 0 Å². The van der Waals surface area contributed by atoms with E-state index in [1.165, 1.54) is 0 Å². The van der Waals surface area contributed by atoms with Gasteiger partial charge in [-0.25, -0.2) is 4.79 Å². The van der Waals surface area contributed by atoms with E-state index < -0.39 is 5.54 Å². The van der Waals surface area contributed by atoms with Crippen LogP contribution in [0.5, 0.6) is 0 Å². The molecule has 0 unspecified atom stereocenters. The minimum absolute atomic E-state index is 0.127. The van der Waals surface area contributed by atoms with Crippen LogP contribution in [-0.2, 0) is 10.3 Å². The van der Waals surface area contributed by atoms with Gasteiger partial charge in [-0.05, 0) is 50.8 Å². The summed E-state index contributed by atoms with van der Waals surface area (Å²) in [5.74, 6) is 0. The Balaban J connectivity index is 2.01. The average molecular weight is 302 g/mol. The molecule has 2 N–H and O–H groups in total. The van der Waals surface area contributed by atoms with E-state index in [1.807, 2.05) is 39.0 Å². The molecule has 0 spiro atoms. The van der Waals surface area contributed by atoms with Crippen molar-refractivity contribution < 1.29 is 9.53 Å². The van der Waals surface area contributed by atoms with E-state index in [0.29, 0.717) is 0 Å². The Kier molecular flexibility index (Phi) is 5.24. The number of hydrogen-bond donors (Lipinski definition) is 2. The van der Waals surface area contributed by atoms with Crippen molar-refractivity contribution in [2.75, 3.05) is 13.2 Å². The van der Waals surface area contributed by atoms with Gasteiger partial charge in [0.15, 0.2) is 0 Å². The number of amides is 2. The van der Waals surface area contributed by atoms with Crippen LogP contribution < -0.4 is 10.6 Å². The van der Waals surface area contributed by atoms with Crippen molar-refractivity contribution in [3.05, 3.63) is 42.0 Å². The van der Waals surface area contributed by atoms with Gasteiger partial charge in [-0.1, -0.05) is 30.4 Å². The third-order valence-electron chi connectivity index (χ3n) is 4.06. The minimum atomic E-state index is -0.444. The summed E-state index contributed by atoms with van der Waals surface area (Å²) in [4.78, 5) is 12.2. The lowest BCUT2D eigenvalue weighted by atomic mass is 9.92. The van der Waals surface area contributed by atoms with Crippen molar-refractivity contribution >= 4 is 11.6 Å². The Labute approximate surface area is 132 Å². The summed E-state index contributed by atoms with van der Waals surface area (Å²) in [5, 5.41) is 6.10. The number of nitrogens with one attached hydrogen (secondary N) is 2. The van der Waals surface area contributed by atoms with Gasteiger partial charge >= 0.3 is 6.03 Å². The lowest BCUT2D eigenvalue weighted by Gasteiger charge is -2.30. The zero-order valence-electron chi connectivity index (χ0n) is 13.7. The van der Waals surface area contributed by atoms with Gasteiger partial charge in [0, 0.05) is 19.3 Å². The second-order valence-corrected chi connectivity index (χ2v) is 6.47. The van der Waals surface area contributed by atoms with Crippen molar-refractivity contribution in [2.24, 2.45) is 0 Å². The zero-order chi connectivity index (χ0) is 16.2. The number of urea groups is 1. The minimum Gasteiger partial charge on any atom is -0.381 e. The highest BCUT2D eigenvalue weighted by atomic mass is 16.5. The summed E-state index contributed by atoms with van der Waals surface area (Å²) in [6, 6.07) is 8.21. The number of hydrogen-bond acceptors (Lipinski definition) is 2. The maximum absolute atomic E-state index is 12.2. The zero-order valence-corrected chi connectivity index (χ0v) is 13.7. The van der Waals surface area contributed by atoms with Gasteiger partial charge < -0.3 is 15.4 Å². The fraction of sp³-hybridized carbons (Fsp3) is 0.500. The topological polar surface area (TPSA) is 50.4 Å². The Bertz CT molecular complexity index is 546. The first-order chi connectivity index (χ1) is 10.4. The molecule has 120 valence electrons. The second kappa shape index (κ2) is 6.97. The smallest absolute Gasteiger partial charge is 0.315 e. The molecule has 0 atom stereocenters. The number of carbonyl (C=O) groups excluding carboxylic acids is 1. The van der Waals surface area contributed by atoms with Gasteiger partial charge in [-0.2, -0.15) is 0 Å². The Morgan fingerprint density at radius 2 is 2.00 bits per heavy atom. The van der Waals surface area contributed by atoms with E-state index in [2.05, 4.69) is 23.3 Å². The number of rotatable bonds is 4. The molecule has 1 heterocycles. The third kappa shape index (κ3) is 4.34. The number of carbonyl (C=O) groups is 1. The molecule has 1 fully saturated rings. The van der Waals surface area contributed by atoms with Gasteiger partial charge in [0.2, 0.25) is 0 Å². The summed E-state index contributed by atoms with van der Waals surface area (Å²) < 4.78 is 5.31. The predicted octanol–water partition coefficient (Wildman–Crippen LogP) is 3.43. The number of benzene rings is 1. The quantitative estimate of drug-likeness (QED) is 0.895. The molecule has 0 saturated carbocycles. The van der Waals surface area contributed by atoms with Crippen molar-refractivity contribution in [3.8, 4) is 0 Å². The number of ether oxygens (including phenoxy) is 1. The molecular formula is C18H26N2O2.